The molecule has 0 aliphatic rings. The highest BCUT2D eigenvalue weighted by Gasteiger charge is 2.39. The molecule has 0 spiro atoms. The van der Waals surface area contributed by atoms with Gasteiger partial charge in [0.25, 0.3) is 0 Å². The van der Waals surface area contributed by atoms with Gasteiger partial charge in [-0.25, -0.2) is 4.79 Å². The molecule has 0 aliphatic heterocycles. The second kappa shape index (κ2) is 14.7. The molecule has 0 saturated heterocycles. The van der Waals surface area contributed by atoms with Crippen LogP contribution < -0.4 is 10.6 Å². The van der Waals surface area contributed by atoms with Crippen molar-refractivity contribution in [3.05, 3.63) is 29.3 Å². The zero-order valence-electron chi connectivity index (χ0n) is 22.8. The van der Waals surface area contributed by atoms with E-state index in [4.69, 9.17) is 9.47 Å². The predicted octanol–water partition coefficient (Wildman–Crippen LogP) is 3.26. The van der Waals surface area contributed by atoms with E-state index in [2.05, 4.69) is 23.3 Å². The molecular formula is C26H41N3O7S. The SMILES string of the molecule is CCOC(=O)CCNC(=O)C(c1cccc(C)c1O)N(C(=O)C(CS)NC(=O)OC(C)(C)C)C(C)CC. The smallest absolute Gasteiger partial charge is 0.408 e. The van der Waals surface area contributed by atoms with Crippen LogP contribution in [0.5, 0.6) is 5.75 Å². The number of amides is 3. The molecule has 0 aliphatic carbocycles. The molecule has 1 aromatic rings. The van der Waals surface area contributed by atoms with Crippen LogP contribution >= 0.6 is 12.6 Å². The van der Waals surface area contributed by atoms with Crippen LogP contribution in [0.25, 0.3) is 0 Å². The van der Waals surface area contributed by atoms with Crippen LogP contribution in [0.3, 0.4) is 0 Å². The average Bonchev–Trinajstić information content (AvgIpc) is 2.81. The third-order valence-corrected chi connectivity index (χ3v) is 5.88. The Morgan fingerprint density at radius 1 is 1.16 bits per heavy atom. The predicted molar refractivity (Wildman–Crippen MR) is 143 cm³/mol. The highest BCUT2D eigenvalue weighted by atomic mass is 32.1. The Kier molecular flexibility index (Phi) is 12.7. The number of carbonyl (C=O) groups is 4. The van der Waals surface area contributed by atoms with Crippen molar-refractivity contribution in [1.29, 1.82) is 0 Å². The van der Waals surface area contributed by atoms with E-state index < -0.39 is 47.6 Å². The molecule has 3 N–H and O–H groups in total. The molecule has 11 heteroatoms. The molecule has 10 nitrogen and oxygen atoms in total. The second-order valence-electron chi connectivity index (χ2n) is 9.65. The fourth-order valence-electron chi connectivity index (χ4n) is 3.55. The van der Waals surface area contributed by atoms with Crippen LogP contribution in [-0.2, 0) is 23.9 Å². The molecule has 0 radical (unpaired) electrons. The third-order valence-electron chi connectivity index (χ3n) is 5.52. The Morgan fingerprint density at radius 3 is 2.35 bits per heavy atom. The molecule has 1 aromatic carbocycles. The first-order valence-corrected chi connectivity index (χ1v) is 13.0. The normalized spacial score (nSPS) is 13.6. The molecule has 208 valence electrons. The van der Waals surface area contributed by atoms with Crippen molar-refractivity contribution >= 4 is 36.5 Å². The molecule has 0 bridgehead atoms. The number of rotatable bonds is 12. The van der Waals surface area contributed by atoms with Gasteiger partial charge in [-0.05, 0) is 53.5 Å². The van der Waals surface area contributed by atoms with Crippen LogP contribution in [0.2, 0.25) is 0 Å². The van der Waals surface area contributed by atoms with E-state index in [1.165, 1.54) is 4.90 Å². The van der Waals surface area contributed by atoms with E-state index in [1.54, 1.807) is 59.7 Å². The minimum absolute atomic E-state index is 0.0184. The van der Waals surface area contributed by atoms with E-state index in [1.807, 2.05) is 6.92 Å². The number of nitrogens with one attached hydrogen (secondary N) is 2. The number of para-hydroxylation sites is 1. The number of aryl methyl sites for hydroxylation is 1. The van der Waals surface area contributed by atoms with Gasteiger partial charge in [-0.3, -0.25) is 14.4 Å². The minimum Gasteiger partial charge on any atom is -0.507 e. The van der Waals surface area contributed by atoms with Crippen LogP contribution in [-0.4, -0.2) is 70.5 Å². The highest BCUT2D eigenvalue weighted by molar-refractivity contribution is 7.80. The number of phenols is 1. The number of phenolic OH excluding ortho intramolecular Hbond substituents is 1. The number of hydrogen-bond acceptors (Lipinski definition) is 8. The van der Waals surface area contributed by atoms with Gasteiger partial charge in [0.05, 0.1) is 13.0 Å². The monoisotopic (exact) mass is 539 g/mol. The van der Waals surface area contributed by atoms with Crippen LogP contribution in [0, 0.1) is 6.92 Å². The van der Waals surface area contributed by atoms with Crippen LogP contribution in [0.4, 0.5) is 4.79 Å². The molecule has 0 fully saturated rings. The summed E-state index contributed by atoms with van der Waals surface area (Å²) in [5, 5.41) is 16.1. The summed E-state index contributed by atoms with van der Waals surface area (Å²) < 4.78 is 10.2. The number of ether oxygens (including phenoxy) is 2. The maximum absolute atomic E-state index is 13.8. The summed E-state index contributed by atoms with van der Waals surface area (Å²) in [6, 6.07) is 2.12. The van der Waals surface area contributed by atoms with E-state index in [0.29, 0.717) is 12.0 Å². The van der Waals surface area contributed by atoms with Crippen LogP contribution in [0.15, 0.2) is 18.2 Å². The lowest BCUT2D eigenvalue weighted by atomic mass is 9.97. The molecule has 3 atom stereocenters. The molecule has 0 aromatic heterocycles. The molecule has 1 rings (SSSR count). The van der Waals surface area contributed by atoms with Gasteiger partial charge in [0.15, 0.2) is 0 Å². The Hall–Kier alpha value is -2.95. The first kappa shape index (κ1) is 32.1. The van der Waals surface area contributed by atoms with Crippen molar-refractivity contribution in [2.24, 2.45) is 0 Å². The number of carbonyl (C=O) groups excluding carboxylic acids is 4. The lowest BCUT2D eigenvalue weighted by Crippen LogP contribution is -2.56. The molecule has 3 amide bonds. The van der Waals surface area contributed by atoms with Gasteiger partial charge in [-0.1, -0.05) is 25.1 Å². The number of nitrogens with zero attached hydrogens (tertiary/aromatic N) is 1. The number of aromatic hydroxyl groups is 1. The van der Waals surface area contributed by atoms with E-state index >= 15 is 0 Å². The molecule has 0 heterocycles. The minimum atomic E-state index is -1.24. The lowest BCUT2D eigenvalue weighted by Gasteiger charge is -2.38. The first-order valence-electron chi connectivity index (χ1n) is 12.4. The summed E-state index contributed by atoms with van der Waals surface area (Å²) in [6.45, 7) is 12.3. The average molecular weight is 540 g/mol. The van der Waals surface area contributed by atoms with Gasteiger partial charge in [0.2, 0.25) is 11.8 Å². The zero-order chi connectivity index (χ0) is 28.3. The van der Waals surface area contributed by atoms with Crippen molar-refractivity contribution in [2.75, 3.05) is 18.9 Å². The van der Waals surface area contributed by atoms with Gasteiger partial charge in [0, 0.05) is 23.9 Å². The molecular weight excluding hydrogens is 498 g/mol. The molecule has 0 saturated carbocycles. The van der Waals surface area contributed by atoms with E-state index in [9.17, 15) is 24.3 Å². The molecule has 37 heavy (non-hydrogen) atoms. The summed E-state index contributed by atoms with van der Waals surface area (Å²) in [6.07, 6.45) is -0.364. The Bertz CT molecular complexity index is 949. The van der Waals surface area contributed by atoms with Crippen molar-refractivity contribution < 1.29 is 33.8 Å². The fourth-order valence-corrected chi connectivity index (χ4v) is 3.80. The maximum Gasteiger partial charge on any atom is 0.408 e. The van der Waals surface area contributed by atoms with E-state index in [0.717, 1.165) is 0 Å². The number of hydrogen-bond donors (Lipinski definition) is 4. The standard InChI is InChI=1S/C26H41N3O7S/c1-8-17(4)29(24(33)19(15-37)28-25(34)36-26(5,6)7)21(18-12-10-11-16(3)22(18)31)23(32)27-14-13-20(30)35-9-2/h10-12,17,19,21,31,37H,8-9,13-15H2,1-7H3,(H,27,32)(H,28,34). The quantitative estimate of drug-likeness (QED) is 0.237. The second-order valence-corrected chi connectivity index (χ2v) is 10.0. The Morgan fingerprint density at radius 2 is 1.81 bits per heavy atom. The summed E-state index contributed by atoms with van der Waals surface area (Å²) in [4.78, 5) is 52.9. The van der Waals surface area contributed by atoms with Crippen molar-refractivity contribution in [2.45, 2.75) is 85.0 Å². The van der Waals surface area contributed by atoms with Gasteiger partial charge in [-0.15, -0.1) is 0 Å². The molecule has 3 unspecified atom stereocenters. The first-order chi connectivity index (χ1) is 17.3. The summed E-state index contributed by atoms with van der Waals surface area (Å²) in [7, 11) is 0. The zero-order valence-corrected chi connectivity index (χ0v) is 23.7. The largest absolute Gasteiger partial charge is 0.507 e. The van der Waals surface area contributed by atoms with Crippen molar-refractivity contribution in [1.82, 2.24) is 15.5 Å². The Labute approximate surface area is 224 Å². The Balaban J connectivity index is 3.43. The third kappa shape index (κ3) is 9.79. The summed E-state index contributed by atoms with van der Waals surface area (Å²) in [5.74, 6) is -1.81. The lowest BCUT2D eigenvalue weighted by molar-refractivity contribution is -0.145. The highest BCUT2D eigenvalue weighted by Crippen LogP contribution is 2.34. The van der Waals surface area contributed by atoms with Gasteiger partial charge in [0.1, 0.15) is 23.4 Å². The van der Waals surface area contributed by atoms with Crippen molar-refractivity contribution in [3.63, 3.8) is 0 Å². The topological polar surface area (TPSA) is 134 Å². The van der Waals surface area contributed by atoms with E-state index in [-0.39, 0.29) is 36.6 Å². The number of benzene rings is 1. The number of alkyl carbamates (subject to hydrolysis) is 1. The summed E-state index contributed by atoms with van der Waals surface area (Å²) >= 11 is 4.26. The number of thiol groups is 1. The van der Waals surface area contributed by atoms with Gasteiger partial charge >= 0.3 is 12.1 Å². The fraction of sp³-hybridized carbons (Fsp3) is 0.615. The summed E-state index contributed by atoms with van der Waals surface area (Å²) in [5.41, 5.74) is -0.0344. The van der Waals surface area contributed by atoms with Crippen molar-refractivity contribution in [3.8, 4) is 5.75 Å². The van der Waals surface area contributed by atoms with Gasteiger partial charge < -0.3 is 30.1 Å². The maximum atomic E-state index is 13.8. The number of esters is 1. The van der Waals surface area contributed by atoms with Crippen LogP contribution in [0.1, 0.15) is 71.6 Å². The van der Waals surface area contributed by atoms with Gasteiger partial charge in [-0.2, -0.15) is 12.6 Å².